The molecule has 0 saturated carbocycles. The maximum atomic E-state index is 11.9. The standard InChI is InChI=1S/C18H19N3O4/c1-12-5-4-6-13(9-12)20-16(22)10-25-11-17(23)21-15-8-3-2-7-14(15)18(19)24/h2-9H,10-11H2,1H3,(H2,19,24)(H,20,22)(H,21,23). The van der Waals surface area contributed by atoms with Crippen molar-refractivity contribution in [3.63, 3.8) is 0 Å². The van der Waals surface area contributed by atoms with Crippen LogP contribution in [0.25, 0.3) is 0 Å². The average Bonchev–Trinajstić information content (AvgIpc) is 2.55. The fraction of sp³-hybridized carbons (Fsp3) is 0.167. The highest BCUT2D eigenvalue weighted by molar-refractivity contribution is 6.03. The molecule has 2 aromatic rings. The molecule has 0 bridgehead atoms. The summed E-state index contributed by atoms with van der Waals surface area (Å²) in [6.45, 7) is 1.33. The molecule has 0 aliphatic rings. The van der Waals surface area contributed by atoms with E-state index in [2.05, 4.69) is 10.6 Å². The van der Waals surface area contributed by atoms with Gasteiger partial charge in [0.15, 0.2) is 0 Å². The number of ether oxygens (including phenoxy) is 1. The molecule has 4 N–H and O–H groups in total. The molecule has 0 fully saturated rings. The summed E-state index contributed by atoms with van der Waals surface area (Å²) < 4.78 is 5.09. The lowest BCUT2D eigenvalue weighted by atomic mass is 10.1. The van der Waals surface area contributed by atoms with Crippen LogP contribution in [0.1, 0.15) is 15.9 Å². The Morgan fingerprint density at radius 1 is 0.960 bits per heavy atom. The van der Waals surface area contributed by atoms with Crippen LogP contribution in [0.3, 0.4) is 0 Å². The molecule has 3 amide bonds. The molecule has 2 rings (SSSR count). The van der Waals surface area contributed by atoms with Crippen LogP contribution in [0, 0.1) is 6.92 Å². The van der Waals surface area contributed by atoms with Gasteiger partial charge in [-0.1, -0.05) is 24.3 Å². The van der Waals surface area contributed by atoms with Gasteiger partial charge in [-0.05, 0) is 36.8 Å². The van der Waals surface area contributed by atoms with E-state index in [9.17, 15) is 14.4 Å². The summed E-state index contributed by atoms with van der Waals surface area (Å²) in [6.07, 6.45) is 0. The van der Waals surface area contributed by atoms with Crippen molar-refractivity contribution in [2.75, 3.05) is 23.8 Å². The largest absolute Gasteiger partial charge is 0.366 e. The first kappa shape index (κ1) is 18.2. The molecule has 0 spiro atoms. The van der Waals surface area contributed by atoms with Crippen molar-refractivity contribution in [2.45, 2.75) is 6.92 Å². The molecule has 7 nitrogen and oxygen atoms in total. The van der Waals surface area contributed by atoms with Crippen LogP contribution in [-0.2, 0) is 14.3 Å². The molecule has 0 aromatic heterocycles. The molecule has 130 valence electrons. The van der Waals surface area contributed by atoms with Crippen LogP contribution in [0.5, 0.6) is 0 Å². The third-order valence-corrected chi connectivity index (χ3v) is 3.23. The molecule has 0 radical (unpaired) electrons. The molecule has 0 aliphatic heterocycles. The Bertz CT molecular complexity index is 789. The van der Waals surface area contributed by atoms with E-state index in [1.165, 1.54) is 6.07 Å². The van der Waals surface area contributed by atoms with Crippen molar-refractivity contribution in [3.8, 4) is 0 Å². The second kappa shape index (κ2) is 8.60. The summed E-state index contributed by atoms with van der Waals surface area (Å²) in [7, 11) is 0. The van der Waals surface area contributed by atoms with E-state index in [0.29, 0.717) is 11.4 Å². The SMILES string of the molecule is Cc1cccc(NC(=O)COCC(=O)Nc2ccccc2C(N)=O)c1. The number of aryl methyl sites for hydroxylation is 1. The molecule has 0 unspecified atom stereocenters. The van der Waals surface area contributed by atoms with Crippen LogP contribution in [-0.4, -0.2) is 30.9 Å². The zero-order valence-corrected chi connectivity index (χ0v) is 13.7. The summed E-state index contributed by atoms with van der Waals surface area (Å²) in [4.78, 5) is 34.9. The Morgan fingerprint density at radius 2 is 1.64 bits per heavy atom. The fourth-order valence-corrected chi connectivity index (χ4v) is 2.15. The third-order valence-electron chi connectivity index (χ3n) is 3.23. The number of hydrogen-bond donors (Lipinski definition) is 3. The molecule has 0 heterocycles. The van der Waals surface area contributed by atoms with Crippen LogP contribution in [0.15, 0.2) is 48.5 Å². The van der Waals surface area contributed by atoms with Crippen molar-refractivity contribution in [2.24, 2.45) is 5.73 Å². The van der Waals surface area contributed by atoms with Gasteiger partial charge < -0.3 is 21.1 Å². The van der Waals surface area contributed by atoms with Gasteiger partial charge in [0.25, 0.3) is 5.91 Å². The molecule has 2 aromatic carbocycles. The topological polar surface area (TPSA) is 111 Å². The van der Waals surface area contributed by atoms with Gasteiger partial charge in [-0.3, -0.25) is 14.4 Å². The number of primary amides is 1. The number of carbonyl (C=O) groups excluding carboxylic acids is 3. The van der Waals surface area contributed by atoms with Crippen molar-refractivity contribution in [1.82, 2.24) is 0 Å². The van der Waals surface area contributed by atoms with E-state index < -0.39 is 11.8 Å². The highest BCUT2D eigenvalue weighted by atomic mass is 16.5. The summed E-state index contributed by atoms with van der Waals surface area (Å²) in [5, 5.41) is 5.20. The van der Waals surface area contributed by atoms with Gasteiger partial charge in [0.2, 0.25) is 11.8 Å². The second-order valence-electron chi connectivity index (χ2n) is 5.37. The number of amides is 3. The monoisotopic (exact) mass is 341 g/mol. The Hall–Kier alpha value is -3.19. The number of nitrogens with two attached hydrogens (primary N) is 1. The van der Waals surface area contributed by atoms with Crippen molar-refractivity contribution in [3.05, 3.63) is 59.7 Å². The zero-order chi connectivity index (χ0) is 18.2. The summed E-state index contributed by atoms with van der Waals surface area (Å²) in [6, 6.07) is 13.7. The number of para-hydroxylation sites is 1. The van der Waals surface area contributed by atoms with Crippen LogP contribution in [0.4, 0.5) is 11.4 Å². The predicted octanol–water partition coefficient (Wildman–Crippen LogP) is 1.69. The minimum atomic E-state index is -0.644. The Kier molecular flexibility index (Phi) is 6.25. The van der Waals surface area contributed by atoms with Crippen LogP contribution >= 0.6 is 0 Å². The van der Waals surface area contributed by atoms with Crippen molar-refractivity contribution in [1.29, 1.82) is 0 Å². The number of rotatable bonds is 7. The highest BCUT2D eigenvalue weighted by Crippen LogP contribution is 2.14. The first-order valence-corrected chi connectivity index (χ1v) is 7.58. The Balaban J connectivity index is 1.79. The zero-order valence-electron chi connectivity index (χ0n) is 13.7. The fourth-order valence-electron chi connectivity index (χ4n) is 2.15. The van der Waals surface area contributed by atoms with E-state index >= 15 is 0 Å². The summed E-state index contributed by atoms with van der Waals surface area (Å²) in [5.41, 5.74) is 7.42. The molecular formula is C18H19N3O4. The maximum Gasteiger partial charge on any atom is 0.250 e. The maximum absolute atomic E-state index is 11.9. The van der Waals surface area contributed by atoms with Gasteiger partial charge in [-0.15, -0.1) is 0 Å². The van der Waals surface area contributed by atoms with Gasteiger partial charge in [0.1, 0.15) is 13.2 Å². The number of hydrogen-bond acceptors (Lipinski definition) is 4. The van der Waals surface area contributed by atoms with Gasteiger partial charge in [-0.25, -0.2) is 0 Å². The van der Waals surface area contributed by atoms with Gasteiger partial charge >= 0.3 is 0 Å². The third kappa shape index (κ3) is 5.74. The molecule has 25 heavy (non-hydrogen) atoms. The molecule has 0 aliphatic carbocycles. The second-order valence-corrected chi connectivity index (χ2v) is 5.37. The lowest BCUT2D eigenvalue weighted by Gasteiger charge is -2.09. The summed E-state index contributed by atoms with van der Waals surface area (Å²) >= 11 is 0. The van der Waals surface area contributed by atoms with Crippen LogP contribution in [0.2, 0.25) is 0 Å². The number of nitrogens with one attached hydrogen (secondary N) is 2. The van der Waals surface area contributed by atoms with E-state index in [4.69, 9.17) is 10.5 Å². The molecule has 7 heteroatoms. The lowest BCUT2D eigenvalue weighted by molar-refractivity contribution is -0.125. The first-order chi connectivity index (χ1) is 12.0. The van der Waals surface area contributed by atoms with Crippen molar-refractivity contribution >= 4 is 29.1 Å². The Morgan fingerprint density at radius 3 is 2.32 bits per heavy atom. The van der Waals surface area contributed by atoms with Crippen molar-refractivity contribution < 1.29 is 19.1 Å². The van der Waals surface area contributed by atoms with Gasteiger partial charge in [0, 0.05) is 5.69 Å². The summed E-state index contributed by atoms with van der Waals surface area (Å²) in [5.74, 6) is -1.50. The van der Waals surface area contributed by atoms with E-state index in [-0.39, 0.29) is 24.7 Å². The highest BCUT2D eigenvalue weighted by Gasteiger charge is 2.11. The smallest absolute Gasteiger partial charge is 0.250 e. The van der Waals surface area contributed by atoms with Gasteiger partial charge in [0.05, 0.1) is 11.3 Å². The van der Waals surface area contributed by atoms with Crippen LogP contribution < -0.4 is 16.4 Å². The molecule has 0 saturated heterocycles. The predicted molar refractivity (Wildman–Crippen MR) is 94.2 cm³/mol. The van der Waals surface area contributed by atoms with Gasteiger partial charge in [-0.2, -0.15) is 0 Å². The minimum absolute atomic E-state index is 0.202. The Labute approximate surface area is 145 Å². The lowest BCUT2D eigenvalue weighted by Crippen LogP contribution is -2.25. The number of anilines is 2. The van der Waals surface area contributed by atoms with E-state index in [1.54, 1.807) is 24.3 Å². The quantitative estimate of drug-likeness (QED) is 0.711. The molecular weight excluding hydrogens is 322 g/mol. The van der Waals surface area contributed by atoms with E-state index in [0.717, 1.165) is 5.56 Å². The average molecular weight is 341 g/mol. The molecule has 0 atom stereocenters. The first-order valence-electron chi connectivity index (χ1n) is 7.58. The number of benzene rings is 2. The normalized spacial score (nSPS) is 10.1. The van der Waals surface area contributed by atoms with E-state index in [1.807, 2.05) is 25.1 Å². The number of carbonyl (C=O) groups is 3. The minimum Gasteiger partial charge on any atom is -0.366 e.